The summed E-state index contributed by atoms with van der Waals surface area (Å²) in [6.45, 7) is 3.13. The van der Waals surface area contributed by atoms with Gasteiger partial charge in [0.15, 0.2) is 0 Å². The Kier molecular flexibility index (Phi) is 5.66. The molecule has 3 rings (SSSR count). The Labute approximate surface area is 147 Å². The van der Waals surface area contributed by atoms with Crippen molar-refractivity contribution < 1.29 is 13.9 Å². The number of amides is 1. The Hall–Kier alpha value is -2.40. The van der Waals surface area contributed by atoms with Gasteiger partial charge in [0.2, 0.25) is 0 Å². The molecule has 0 radical (unpaired) electrons. The van der Waals surface area contributed by atoms with Crippen molar-refractivity contribution in [2.75, 3.05) is 44.8 Å². The lowest BCUT2D eigenvalue weighted by Crippen LogP contribution is -2.36. The molecule has 1 aliphatic heterocycles. The maximum Gasteiger partial charge on any atom is 0.253 e. The van der Waals surface area contributed by atoms with E-state index in [4.69, 9.17) is 4.74 Å². The minimum atomic E-state index is -0.357. The van der Waals surface area contributed by atoms with Crippen LogP contribution in [0.5, 0.6) is 0 Å². The highest BCUT2D eigenvalue weighted by Crippen LogP contribution is 2.22. The minimum Gasteiger partial charge on any atom is -0.378 e. The van der Waals surface area contributed by atoms with Crippen LogP contribution in [0.15, 0.2) is 48.5 Å². The molecule has 0 spiro atoms. The second-order valence-electron chi connectivity index (χ2n) is 6.23. The van der Waals surface area contributed by atoms with Crippen LogP contribution in [0.25, 0.3) is 0 Å². The number of hydrogen-bond acceptors (Lipinski definition) is 3. The number of anilines is 1. The molecule has 0 unspecified atom stereocenters. The van der Waals surface area contributed by atoms with E-state index in [1.165, 1.54) is 11.6 Å². The van der Waals surface area contributed by atoms with Gasteiger partial charge in [-0.05, 0) is 30.2 Å². The maximum absolute atomic E-state index is 14.5. The molecule has 4 nitrogen and oxygen atoms in total. The predicted octanol–water partition coefficient (Wildman–Crippen LogP) is 2.98. The molecule has 1 amide bonds. The number of hydrogen-bond donors (Lipinski definition) is 0. The lowest BCUT2D eigenvalue weighted by atomic mass is 10.1. The molecule has 0 N–H and O–H groups in total. The maximum atomic E-state index is 14.5. The molecule has 1 saturated heterocycles. The van der Waals surface area contributed by atoms with Gasteiger partial charge < -0.3 is 14.5 Å². The molecule has 132 valence electrons. The number of halogens is 1. The minimum absolute atomic E-state index is 0.164. The fraction of sp³-hybridized carbons (Fsp3) is 0.350. The summed E-state index contributed by atoms with van der Waals surface area (Å²) in [4.78, 5) is 16.1. The van der Waals surface area contributed by atoms with Crippen molar-refractivity contribution in [3.05, 3.63) is 65.5 Å². The van der Waals surface area contributed by atoms with Crippen LogP contribution in [0, 0.1) is 5.82 Å². The summed E-state index contributed by atoms with van der Waals surface area (Å²) in [5, 5.41) is 0. The van der Waals surface area contributed by atoms with Gasteiger partial charge in [-0.1, -0.05) is 30.3 Å². The predicted molar refractivity (Wildman–Crippen MR) is 96.5 cm³/mol. The first kappa shape index (κ1) is 17.4. The van der Waals surface area contributed by atoms with Gasteiger partial charge in [0.05, 0.1) is 18.9 Å². The van der Waals surface area contributed by atoms with E-state index in [0.717, 1.165) is 6.42 Å². The summed E-state index contributed by atoms with van der Waals surface area (Å²) >= 11 is 0. The number of likely N-dealkylation sites (N-methyl/N-ethyl adjacent to an activating group) is 1. The Morgan fingerprint density at radius 1 is 1.16 bits per heavy atom. The molecule has 0 atom stereocenters. The number of carbonyl (C=O) groups excluding carboxylic acids is 1. The van der Waals surface area contributed by atoms with Gasteiger partial charge in [-0.3, -0.25) is 4.79 Å². The fourth-order valence-corrected chi connectivity index (χ4v) is 2.96. The van der Waals surface area contributed by atoms with Crippen molar-refractivity contribution in [1.82, 2.24) is 4.90 Å². The second-order valence-corrected chi connectivity index (χ2v) is 6.23. The zero-order valence-corrected chi connectivity index (χ0v) is 14.5. The van der Waals surface area contributed by atoms with Gasteiger partial charge in [-0.15, -0.1) is 0 Å². The molecule has 0 saturated carbocycles. The highest BCUT2D eigenvalue weighted by atomic mass is 19.1. The molecule has 1 aliphatic rings. The highest BCUT2D eigenvalue weighted by molar-refractivity contribution is 5.94. The molecule has 0 aromatic heterocycles. The number of ether oxygens (including phenoxy) is 1. The smallest absolute Gasteiger partial charge is 0.253 e. The molecular formula is C20H23FN2O2. The van der Waals surface area contributed by atoms with Gasteiger partial charge in [0, 0.05) is 32.2 Å². The van der Waals surface area contributed by atoms with Crippen molar-refractivity contribution in [2.24, 2.45) is 0 Å². The number of nitrogens with zero attached hydrogens (tertiary/aromatic N) is 2. The van der Waals surface area contributed by atoms with Gasteiger partial charge in [0.25, 0.3) is 5.91 Å². The van der Waals surface area contributed by atoms with Crippen LogP contribution in [0.3, 0.4) is 0 Å². The van der Waals surface area contributed by atoms with E-state index in [0.29, 0.717) is 44.1 Å². The van der Waals surface area contributed by atoms with E-state index in [9.17, 15) is 9.18 Å². The van der Waals surface area contributed by atoms with E-state index in [1.807, 2.05) is 35.2 Å². The number of carbonyl (C=O) groups is 1. The van der Waals surface area contributed by atoms with Gasteiger partial charge in [-0.2, -0.15) is 0 Å². The first-order valence-electron chi connectivity index (χ1n) is 8.57. The van der Waals surface area contributed by atoms with Crippen LogP contribution >= 0.6 is 0 Å². The lowest BCUT2D eigenvalue weighted by Gasteiger charge is -2.29. The number of morpholine rings is 1. The van der Waals surface area contributed by atoms with Crippen molar-refractivity contribution in [3.8, 4) is 0 Å². The summed E-state index contributed by atoms with van der Waals surface area (Å²) in [5.41, 5.74) is 2.09. The molecule has 1 fully saturated rings. The summed E-state index contributed by atoms with van der Waals surface area (Å²) < 4.78 is 19.7. The normalized spacial score (nSPS) is 14.4. The van der Waals surface area contributed by atoms with Crippen LogP contribution in [-0.4, -0.2) is 50.7 Å². The summed E-state index contributed by atoms with van der Waals surface area (Å²) in [7, 11) is 1.75. The van der Waals surface area contributed by atoms with Crippen LogP contribution in [-0.2, 0) is 11.2 Å². The summed E-state index contributed by atoms with van der Waals surface area (Å²) in [6.07, 6.45) is 0.775. The van der Waals surface area contributed by atoms with Crippen molar-refractivity contribution in [2.45, 2.75) is 6.42 Å². The zero-order chi connectivity index (χ0) is 17.6. The Bertz CT molecular complexity index is 715. The molecule has 5 heteroatoms. The molecule has 0 bridgehead atoms. The number of benzene rings is 2. The largest absolute Gasteiger partial charge is 0.378 e. The quantitative estimate of drug-likeness (QED) is 0.837. The average Bonchev–Trinajstić information content (AvgIpc) is 2.67. The molecule has 0 aliphatic carbocycles. The van der Waals surface area contributed by atoms with Gasteiger partial charge in [-0.25, -0.2) is 4.39 Å². The molecule has 1 heterocycles. The van der Waals surface area contributed by atoms with E-state index in [1.54, 1.807) is 24.1 Å². The number of rotatable bonds is 5. The van der Waals surface area contributed by atoms with Crippen molar-refractivity contribution >= 4 is 11.6 Å². The fourth-order valence-electron chi connectivity index (χ4n) is 2.96. The first-order valence-corrected chi connectivity index (χ1v) is 8.57. The molecule has 25 heavy (non-hydrogen) atoms. The van der Waals surface area contributed by atoms with Crippen LogP contribution in [0.1, 0.15) is 15.9 Å². The molecule has 2 aromatic rings. The van der Waals surface area contributed by atoms with Crippen molar-refractivity contribution in [3.63, 3.8) is 0 Å². The van der Waals surface area contributed by atoms with Crippen LogP contribution < -0.4 is 4.90 Å². The lowest BCUT2D eigenvalue weighted by molar-refractivity contribution is 0.0796. The SMILES string of the molecule is CN(CCc1ccccc1)C(=O)c1ccc(N2CCOCC2)c(F)c1. The standard InChI is InChI=1S/C20H23FN2O2/c1-22(10-9-16-5-3-2-4-6-16)20(24)17-7-8-19(18(21)15-17)23-11-13-25-14-12-23/h2-8,15H,9-14H2,1H3. The summed E-state index contributed by atoms with van der Waals surface area (Å²) in [6, 6.07) is 14.7. The Morgan fingerprint density at radius 2 is 1.88 bits per heavy atom. The van der Waals surface area contributed by atoms with Crippen LogP contribution in [0.4, 0.5) is 10.1 Å². The Balaban J connectivity index is 1.64. The monoisotopic (exact) mass is 342 g/mol. The topological polar surface area (TPSA) is 32.8 Å². The zero-order valence-electron chi connectivity index (χ0n) is 14.5. The highest BCUT2D eigenvalue weighted by Gasteiger charge is 2.18. The third-order valence-corrected chi connectivity index (χ3v) is 4.47. The molecule has 2 aromatic carbocycles. The molecular weight excluding hydrogens is 319 g/mol. The Morgan fingerprint density at radius 3 is 2.56 bits per heavy atom. The second kappa shape index (κ2) is 8.12. The van der Waals surface area contributed by atoms with E-state index in [-0.39, 0.29) is 11.7 Å². The van der Waals surface area contributed by atoms with E-state index in [2.05, 4.69) is 0 Å². The summed E-state index contributed by atoms with van der Waals surface area (Å²) in [5.74, 6) is -0.521. The third-order valence-electron chi connectivity index (χ3n) is 4.47. The van der Waals surface area contributed by atoms with Gasteiger partial charge >= 0.3 is 0 Å². The average molecular weight is 342 g/mol. The first-order chi connectivity index (χ1) is 12.1. The third kappa shape index (κ3) is 4.37. The van der Waals surface area contributed by atoms with E-state index >= 15 is 0 Å². The van der Waals surface area contributed by atoms with Crippen molar-refractivity contribution in [1.29, 1.82) is 0 Å². The van der Waals surface area contributed by atoms with E-state index < -0.39 is 0 Å². The van der Waals surface area contributed by atoms with Gasteiger partial charge in [0.1, 0.15) is 5.82 Å². The van der Waals surface area contributed by atoms with Crippen LogP contribution in [0.2, 0.25) is 0 Å².